The number of sulfonamides is 1. The Bertz CT molecular complexity index is 799. The van der Waals surface area contributed by atoms with E-state index in [1.54, 1.807) is 6.07 Å². The van der Waals surface area contributed by atoms with Crippen molar-refractivity contribution < 1.29 is 8.42 Å². The SMILES string of the molecule is N#Cc1ccc(NS(=O)(=O)c2ncccc2N)c(Br)c1. The van der Waals surface area contributed by atoms with Crippen molar-refractivity contribution in [1.29, 1.82) is 5.26 Å². The van der Waals surface area contributed by atoms with Gasteiger partial charge in [-0.05, 0) is 46.3 Å². The van der Waals surface area contributed by atoms with Crippen LogP contribution in [0, 0.1) is 11.3 Å². The Labute approximate surface area is 124 Å². The lowest BCUT2D eigenvalue weighted by Crippen LogP contribution is -2.16. The number of hydrogen-bond donors (Lipinski definition) is 2. The Morgan fingerprint density at radius 1 is 1.35 bits per heavy atom. The second kappa shape index (κ2) is 5.48. The summed E-state index contributed by atoms with van der Waals surface area (Å²) < 4.78 is 27.2. The second-order valence-electron chi connectivity index (χ2n) is 3.81. The Kier molecular flexibility index (Phi) is 3.92. The molecule has 0 unspecified atom stereocenters. The van der Waals surface area contributed by atoms with Crippen LogP contribution >= 0.6 is 15.9 Å². The predicted octanol–water partition coefficient (Wildman–Crippen LogP) is 2.10. The highest BCUT2D eigenvalue weighted by atomic mass is 79.9. The molecule has 0 aliphatic rings. The van der Waals surface area contributed by atoms with Crippen molar-refractivity contribution in [1.82, 2.24) is 4.98 Å². The Morgan fingerprint density at radius 3 is 2.70 bits per heavy atom. The van der Waals surface area contributed by atoms with E-state index in [1.807, 2.05) is 6.07 Å². The minimum Gasteiger partial charge on any atom is -0.396 e. The fourth-order valence-electron chi connectivity index (χ4n) is 1.49. The first-order valence-corrected chi connectivity index (χ1v) is 7.64. The van der Waals surface area contributed by atoms with Crippen LogP contribution in [0.2, 0.25) is 0 Å². The maximum absolute atomic E-state index is 12.2. The summed E-state index contributed by atoms with van der Waals surface area (Å²) in [7, 11) is -3.89. The third-order valence-electron chi connectivity index (χ3n) is 2.40. The maximum Gasteiger partial charge on any atom is 0.281 e. The second-order valence-corrected chi connectivity index (χ2v) is 6.26. The largest absolute Gasteiger partial charge is 0.396 e. The lowest BCUT2D eigenvalue weighted by Gasteiger charge is -2.10. The van der Waals surface area contributed by atoms with E-state index in [2.05, 4.69) is 25.6 Å². The molecule has 0 spiro atoms. The van der Waals surface area contributed by atoms with E-state index in [4.69, 9.17) is 11.0 Å². The summed E-state index contributed by atoms with van der Waals surface area (Å²) in [5.41, 5.74) is 6.38. The summed E-state index contributed by atoms with van der Waals surface area (Å²) in [6.45, 7) is 0. The maximum atomic E-state index is 12.2. The molecular weight excluding hydrogens is 344 g/mol. The number of anilines is 2. The number of nitrogen functional groups attached to an aromatic ring is 1. The number of halogens is 1. The van der Waals surface area contributed by atoms with E-state index in [1.165, 1.54) is 30.5 Å². The van der Waals surface area contributed by atoms with Gasteiger partial charge in [-0.3, -0.25) is 4.72 Å². The van der Waals surface area contributed by atoms with Crippen molar-refractivity contribution in [3.63, 3.8) is 0 Å². The van der Waals surface area contributed by atoms with Crippen molar-refractivity contribution in [3.8, 4) is 6.07 Å². The lowest BCUT2D eigenvalue weighted by atomic mass is 10.2. The average Bonchev–Trinajstić information content (AvgIpc) is 2.41. The smallest absolute Gasteiger partial charge is 0.281 e. The topological polar surface area (TPSA) is 109 Å². The number of pyridine rings is 1. The lowest BCUT2D eigenvalue weighted by molar-refractivity contribution is 0.598. The number of nitrogens with one attached hydrogen (secondary N) is 1. The minimum atomic E-state index is -3.89. The van der Waals surface area contributed by atoms with Crippen LogP contribution < -0.4 is 10.5 Å². The summed E-state index contributed by atoms with van der Waals surface area (Å²) in [6.07, 6.45) is 1.35. The van der Waals surface area contributed by atoms with Gasteiger partial charge in [-0.2, -0.15) is 13.7 Å². The zero-order chi connectivity index (χ0) is 14.8. The van der Waals surface area contributed by atoms with Crippen molar-refractivity contribution in [3.05, 3.63) is 46.6 Å². The van der Waals surface area contributed by atoms with Gasteiger partial charge in [-0.1, -0.05) is 0 Å². The Morgan fingerprint density at radius 2 is 2.10 bits per heavy atom. The quantitative estimate of drug-likeness (QED) is 0.878. The van der Waals surface area contributed by atoms with Crippen LogP contribution in [0.15, 0.2) is 46.0 Å². The molecule has 8 heteroatoms. The molecule has 1 heterocycles. The van der Waals surface area contributed by atoms with Crippen LogP contribution in [0.5, 0.6) is 0 Å². The first-order valence-electron chi connectivity index (χ1n) is 5.37. The first kappa shape index (κ1) is 14.3. The molecular formula is C12H9BrN4O2S. The van der Waals surface area contributed by atoms with Crippen molar-refractivity contribution in [2.45, 2.75) is 5.03 Å². The highest BCUT2D eigenvalue weighted by Gasteiger charge is 2.20. The number of rotatable bonds is 3. The van der Waals surface area contributed by atoms with Crippen molar-refractivity contribution in [2.24, 2.45) is 0 Å². The highest BCUT2D eigenvalue weighted by molar-refractivity contribution is 9.10. The minimum absolute atomic E-state index is 0.0600. The average molecular weight is 353 g/mol. The molecule has 0 atom stereocenters. The summed E-state index contributed by atoms with van der Waals surface area (Å²) in [6, 6.07) is 9.46. The van der Waals surface area contributed by atoms with Gasteiger partial charge >= 0.3 is 0 Å². The molecule has 3 N–H and O–H groups in total. The molecule has 2 rings (SSSR count). The van der Waals surface area contributed by atoms with E-state index in [0.29, 0.717) is 15.7 Å². The van der Waals surface area contributed by atoms with Gasteiger partial charge in [0.1, 0.15) is 0 Å². The monoisotopic (exact) mass is 352 g/mol. The molecule has 1 aromatic carbocycles. The molecule has 6 nitrogen and oxygen atoms in total. The van der Waals surface area contributed by atoms with E-state index in [0.717, 1.165) is 0 Å². The number of benzene rings is 1. The molecule has 0 fully saturated rings. The van der Waals surface area contributed by atoms with E-state index >= 15 is 0 Å². The van der Waals surface area contributed by atoms with Gasteiger partial charge in [0.25, 0.3) is 10.0 Å². The van der Waals surface area contributed by atoms with Gasteiger partial charge < -0.3 is 5.73 Å². The van der Waals surface area contributed by atoms with Gasteiger partial charge in [0.2, 0.25) is 0 Å². The molecule has 0 aliphatic carbocycles. The molecule has 0 aliphatic heterocycles. The van der Waals surface area contributed by atoms with Crippen LogP contribution in [-0.4, -0.2) is 13.4 Å². The normalized spacial score (nSPS) is 10.8. The molecule has 0 radical (unpaired) electrons. The number of nitrogens with zero attached hydrogens (tertiary/aromatic N) is 2. The van der Waals surface area contributed by atoms with Crippen LogP contribution in [0.25, 0.3) is 0 Å². The summed E-state index contributed by atoms with van der Waals surface area (Å²) in [4.78, 5) is 3.77. The zero-order valence-electron chi connectivity index (χ0n) is 10.0. The number of aromatic nitrogens is 1. The van der Waals surface area contributed by atoms with Gasteiger partial charge in [-0.15, -0.1) is 0 Å². The van der Waals surface area contributed by atoms with Crippen LogP contribution in [0.4, 0.5) is 11.4 Å². The third-order valence-corrected chi connectivity index (χ3v) is 4.39. The van der Waals surface area contributed by atoms with Gasteiger partial charge in [0.15, 0.2) is 5.03 Å². The zero-order valence-corrected chi connectivity index (χ0v) is 12.4. The van der Waals surface area contributed by atoms with E-state index < -0.39 is 10.0 Å². The molecule has 102 valence electrons. The molecule has 0 saturated heterocycles. The van der Waals surface area contributed by atoms with Gasteiger partial charge in [-0.25, -0.2) is 4.98 Å². The highest BCUT2D eigenvalue weighted by Crippen LogP contribution is 2.26. The van der Waals surface area contributed by atoms with Crippen LogP contribution in [0.1, 0.15) is 5.56 Å². The first-order chi connectivity index (χ1) is 9.44. The fourth-order valence-corrected chi connectivity index (χ4v) is 3.24. The Hall–Kier alpha value is -2.11. The molecule has 0 bridgehead atoms. The van der Waals surface area contributed by atoms with Gasteiger partial charge in [0.05, 0.1) is 23.0 Å². The van der Waals surface area contributed by atoms with Crippen molar-refractivity contribution in [2.75, 3.05) is 10.5 Å². The van der Waals surface area contributed by atoms with Crippen molar-refractivity contribution >= 4 is 37.3 Å². The van der Waals surface area contributed by atoms with E-state index in [9.17, 15) is 8.42 Å². The standard InChI is InChI=1S/C12H9BrN4O2S/c13-9-6-8(7-14)3-4-11(9)17-20(18,19)12-10(15)2-1-5-16-12/h1-6,17H,15H2. The fraction of sp³-hybridized carbons (Fsp3) is 0. The Balaban J connectivity index is 2.40. The molecule has 2 aromatic rings. The third kappa shape index (κ3) is 2.89. The summed E-state index contributed by atoms with van der Waals surface area (Å²) in [5.74, 6) is 0. The van der Waals surface area contributed by atoms with Crippen LogP contribution in [-0.2, 0) is 10.0 Å². The summed E-state index contributed by atoms with van der Waals surface area (Å²) >= 11 is 3.20. The molecule has 20 heavy (non-hydrogen) atoms. The van der Waals surface area contributed by atoms with Crippen LogP contribution in [0.3, 0.4) is 0 Å². The predicted molar refractivity (Wildman–Crippen MR) is 78.3 cm³/mol. The number of hydrogen-bond acceptors (Lipinski definition) is 5. The number of nitriles is 1. The van der Waals surface area contributed by atoms with Gasteiger partial charge in [0, 0.05) is 10.7 Å². The molecule has 1 aromatic heterocycles. The summed E-state index contributed by atoms with van der Waals surface area (Å²) in [5, 5.41) is 8.52. The van der Waals surface area contributed by atoms with E-state index in [-0.39, 0.29) is 10.7 Å². The molecule has 0 saturated carbocycles. The molecule has 0 amide bonds. The number of nitrogens with two attached hydrogens (primary N) is 1.